The summed E-state index contributed by atoms with van der Waals surface area (Å²) in [5.41, 5.74) is 1.16. The Labute approximate surface area is 138 Å². The number of piperidine rings is 1. The largest absolute Gasteiger partial charge is 0.368 e. The summed E-state index contributed by atoms with van der Waals surface area (Å²) in [5, 5.41) is 5.71. The maximum atomic E-state index is 13.2. The molecule has 128 valence electrons. The molecular weight excluding hydrogens is 293 g/mol. The number of halogens is 1. The average Bonchev–Trinajstić information content (AvgIpc) is 2.49. The third-order valence-corrected chi connectivity index (χ3v) is 4.92. The molecule has 2 unspecified atom stereocenters. The average molecular weight is 321 g/mol. The number of amides is 2. The maximum Gasteiger partial charge on any atom is 0.314 e. The van der Waals surface area contributed by atoms with Crippen molar-refractivity contribution in [2.24, 2.45) is 11.3 Å². The van der Waals surface area contributed by atoms with Gasteiger partial charge in [-0.05, 0) is 55.9 Å². The number of carbonyl (C=O) groups excluding carboxylic acids is 1. The highest BCUT2D eigenvalue weighted by atomic mass is 19.1. The van der Waals surface area contributed by atoms with Crippen LogP contribution in [-0.4, -0.2) is 31.7 Å². The number of anilines is 1. The Bertz CT molecular complexity index is 530. The monoisotopic (exact) mass is 321 g/mol. The molecule has 2 rings (SSSR count). The van der Waals surface area contributed by atoms with Crippen LogP contribution in [-0.2, 0) is 0 Å². The lowest BCUT2D eigenvalue weighted by atomic mass is 9.73. The van der Waals surface area contributed by atoms with E-state index in [1.165, 1.54) is 12.1 Å². The Morgan fingerprint density at radius 2 is 1.96 bits per heavy atom. The van der Waals surface area contributed by atoms with Crippen LogP contribution in [0.5, 0.6) is 0 Å². The molecule has 1 fully saturated rings. The van der Waals surface area contributed by atoms with Gasteiger partial charge in [0.2, 0.25) is 0 Å². The van der Waals surface area contributed by atoms with E-state index in [9.17, 15) is 9.18 Å². The first-order valence-corrected chi connectivity index (χ1v) is 8.37. The molecule has 5 heteroatoms. The van der Waals surface area contributed by atoms with Crippen LogP contribution in [0.15, 0.2) is 24.3 Å². The zero-order valence-electron chi connectivity index (χ0n) is 14.5. The minimum absolute atomic E-state index is 0.114. The second kappa shape index (κ2) is 7.20. The first-order valence-electron chi connectivity index (χ1n) is 8.37. The number of hydrogen-bond acceptors (Lipinski definition) is 2. The highest BCUT2D eigenvalue weighted by Gasteiger charge is 2.39. The lowest BCUT2D eigenvalue weighted by Crippen LogP contribution is -2.54. The van der Waals surface area contributed by atoms with Crippen molar-refractivity contribution in [3.8, 4) is 0 Å². The number of carbonyl (C=O) groups is 1. The molecule has 1 aliphatic heterocycles. The number of nitrogens with one attached hydrogen (secondary N) is 2. The lowest BCUT2D eigenvalue weighted by Gasteiger charge is -2.49. The van der Waals surface area contributed by atoms with Crippen molar-refractivity contribution in [3.05, 3.63) is 30.1 Å². The summed E-state index contributed by atoms with van der Waals surface area (Å²) >= 11 is 0. The molecule has 0 radical (unpaired) electrons. The van der Waals surface area contributed by atoms with Gasteiger partial charge in [-0.3, -0.25) is 0 Å². The van der Waals surface area contributed by atoms with E-state index in [4.69, 9.17) is 0 Å². The second-order valence-electron chi connectivity index (χ2n) is 7.10. The van der Waals surface area contributed by atoms with E-state index in [-0.39, 0.29) is 17.3 Å². The second-order valence-corrected chi connectivity index (χ2v) is 7.10. The Morgan fingerprint density at radius 1 is 1.30 bits per heavy atom. The summed E-state index contributed by atoms with van der Waals surface area (Å²) in [6.45, 7) is 10.8. The minimum Gasteiger partial charge on any atom is -0.368 e. The number of urea groups is 1. The van der Waals surface area contributed by atoms with Crippen molar-refractivity contribution < 1.29 is 9.18 Å². The zero-order chi connectivity index (χ0) is 17.0. The van der Waals surface area contributed by atoms with Gasteiger partial charge in [0.1, 0.15) is 5.82 Å². The molecule has 0 aromatic heterocycles. The highest BCUT2D eigenvalue weighted by Crippen LogP contribution is 2.39. The van der Waals surface area contributed by atoms with Crippen LogP contribution in [0.1, 0.15) is 34.1 Å². The Kier molecular flexibility index (Phi) is 5.50. The Hall–Kier alpha value is -1.78. The summed E-state index contributed by atoms with van der Waals surface area (Å²) < 4.78 is 13.2. The van der Waals surface area contributed by atoms with Gasteiger partial charge in [-0.2, -0.15) is 0 Å². The summed E-state index contributed by atoms with van der Waals surface area (Å²) in [4.78, 5) is 13.9. The SMILES string of the molecule is CCNC(=O)NCC1CN(c2ccc(F)cc2)C(C)C(C)(C)C1. The minimum atomic E-state index is -0.216. The summed E-state index contributed by atoms with van der Waals surface area (Å²) in [5.74, 6) is 0.154. The predicted octanol–water partition coefficient (Wildman–Crippen LogP) is 3.39. The van der Waals surface area contributed by atoms with Gasteiger partial charge < -0.3 is 15.5 Å². The first kappa shape index (κ1) is 17.6. The number of rotatable bonds is 4. The molecule has 2 atom stereocenters. The van der Waals surface area contributed by atoms with E-state index < -0.39 is 0 Å². The van der Waals surface area contributed by atoms with Gasteiger partial charge >= 0.3 is 6.03 Å². The van der Waals surface area contributed by atoms with Crippen molar-refractivity contribution in [1.82, 2.24) is 10.6 Å². The predicted molar refractivity (Wildman–Crippen MR) is 92.2 cm³/mol. The van der Waals surface area contributed by atoms with Gasteiger partial charge in [-0.1, -0.05) is 13.8 Å². The van der Waals surface area contributed by atoms with Gasteiger partial charge in [0.05, 0.1) is 0 Å². The molecule has 0 bridgehead atoms. The smallest absolute Gasteiger partial charge is 0.314 e. The molecule has 1 aliphatic rings. The molecule has 1 saturated heterocycles. The van der Waals surface area contributed by atoms with Crippen molar-refractivity contribution in [2.45, 2.75) is 40.2 Å². The topological polar surface area (TPSA) is 44.4 Å². The normalized spacial score (nSPS) is 23.4. The third kappa shape index (κ3) is 4.36. The quantitative estimate of drug-likeness (QED) is 0.893. The van der Waals surface area contributed by atoms with Crippen LogP contribution >= 0.6 is 0 Å². The fraction of sp³-hybridized carbons (Fsp3) is 0.611. The Morgan fingerprint density at radius 3 is 2.57 bits per heavy atom. The van der Waals surface area contributed by atoms with Crippen LogP contribution in [0, 0.1) is 17.2 Å². The molecule has 1 aromatic carbocycles. The van der Waals surface area contributed by atoms with E-state index >= 15 is 0 Å². The van der Waals surface area contributed by atoms with Crippen LogP contribution in [0.4, 0.5) is 14.9 Å². The van der Waals surface area contributed by atoms with E-state index in [0.717, 1.165) is 18.7 Å². The summed E-state index contributed by atoms with van der Waals surface area (Å²) in [7, 11) is 0. The molecule has 2 N–H and O–H groups in total. The molecule has 0 spiro atoms. The summed E-state index contributed by atoms with van der Waals surface area (Å²) in [6, 6.07) is 6.92. The van der Waals surface area contributed by atoms with Gasteiger partial charge in [0, 0.05) is 31.4 Å². The molecule has 4 nitrogen and oxygen atoms in total. The van der Waals surface area contributed by atoms with E-state index in [0.29, 0.717) is 25.0 Å². The van der Waals surface area contributed by atoms with Gasteiger partial charge in [-0.25, -0.2) is 9.18 Å². The fourth-order valence-electron chi connectivity index (χ4n) is 3.40. The number of nitrogens with zero attached hydrogens (tertiary/aromatic N) is 1. The number of hydrogen-bond donors (Lipinski definition) is 2. The van der Waals surface area contributed by atoms with Gasteiger partial charge in [0.15, 0.2) is 0 Å². The van der Waals surface area contributed by atoms with Gasteiger partial charge in [0.25, 0.3) is 0 Å². The van der Waals surface area contributed by atoms with Crippen LogP contribution in [0.3, 0.4) is 0 Å². The molecule has 0 saturated carbocycles. The van der Waals surface area contributed by atoms with E-state index in [1.807, 2.05) is 19.1 Å². The molecule has 0 aliphatic carbocycles. The lowest BCUT2D eigenvalue weighted by molar-refractivity contribution is 0.170. The fourth-order valence-corrected chi connectivity index (χ4v) is 3.40. The van der Waals surface area contributed by atoms with Crippen LogP contribution in [0.25, 0.3) is 0 Å². The van der Waals surface area contributed by atoms with E-state index in [2.05, 4.69) is 36.3 Å². The molecule has 23 heavy (non-hydrogen) atoms. The maximum absolute atomic E-state index is 13.2. The van der Waals surface area contributed by atoms with Crippen molar-refractivity contribution in [1.29, 1.82) is 0 Å². The molecule has 1 heterocycles. The third-order valence-electron chi connectivity index (χ3n) is 4.92. The van der Waals surface area contributed by atoms with Gasteiger partial charge in [-0.15, -0.1) is 0 Å². The highest BCUT2D eigenvalue weighted by molar-refractivity contribution is 5.73. The Balaban J connectivity index is 2.09. The van der Waals surface area contributed by atoms with Crippen molar-refractivity contribution >= 4 is 11.7 Å². The first-order chi connectivity index (χ1) is 10.8. The summed E-state index contributed by atoms with van der Waals surface area (Å²) in [6.07, 6.45) is 1.05. The van der Waals surface area contributed by atoms with Crippen molar-refractivity contribution in [2.75, 3.05) is 24.5 Å². The molecule has 1 aromatic rings. The van der Waals surface area contributed by atoms with Crippen molar-refractivity contribution in [3.63, 3.8) is 0 Å². The van der Waals surface area contributed by atoms with Crippen LogP contribution in [0.2, 0.25) is 0 Å². The molecular formula is C18H28FN3O. The zero-order valence-corrected chi connectivity index (χ0v) is 14.5. The number of benzene rings is 1. The molecule has 2 amide bonds. The van der Waals surface area contributed by atoms with Crippen LogP contribution < -0.4 is 15.5 Å². The van der Waals surface area contributed by atoms with E-state index in [1.54, 1.807) is 0 Å². The standard InChI is InChI=1S/C18H28FN3O/c1-5-20-17(23)21-11-14-10-18(3,4)13(2)22(12-14)16-8-6-15(19)7-9-16/h6-9,13-14H,5,10-12H2,1-4H3,(H2,20,21,23).